The van der Waals surface area contributed by atoms with Crippen LogP contribution in [0.2, 0.25) is 5.02 Å². The van der Waals surface area contributed by atoms with Gasteiger partial charge in [-0.3, -0.25) is 10.1 Å². The summed E-state index contributed by atoms with van der Waals surface area (Å²) < 4.78 is 36.5. The molecule has 2 aromatic carbocycles. The van der Waals surface area contributed by atoms with Crippen LogP contribution in [0.1, 0.15) is 10.5 Å². The molecule has 0 atom stereocenters. The Morgan fingerprint density at radius 3 is 2.55 bits per heavy atom. The zero-order chi connectivity index (χ0) is 19.7. The first kappa shape index (κ1) is 20.4. The largest absolute Gasteiger partial charge is 0.355 e. The van der Waals surface area contributed by atoms with Gasteiger partial charge in [0, 0.05) is 22.2 Å². The zero-order valence-electron chi connectivity index (χ0n) is 14.2. The smallest absolute Gasteiger partial charge is 0.280 e. The Morgan fingerprint density at radius 1 is 0.966 bits per heavy atom. The maximum absolute atomic E-state index is 13.3. The second-order valence-electron chi connectivity index (χ2n) is 5.59. The molecular formula is C18H10Cl2F2N4O3. The van der Waals surface area contributed by atoms with E-state index in [1.54, 1.807) is 24.3 Å². The van der Waals surface area contributed by atoms with Gasteiger partial charge in [-0.1, -0.05) is 22.8 Å². The third-order valence-electron chi connectivity index (χ3n) is 3.67. The molecule has 0 aliphatic heterocycles. The Balaban J connectivity index is 0.00000240. The van der Waals surface area contributed by atoms with Crippen LogP contribution < -0.4 is 5.32 Å². The Morgan fingerprint density at radius 2 is 1.79 bits per heavy atom. The van der Waals surface area contributed by atoms with E-state index in [4.69, 9.17) is 20.6 Å². The van der Waals surface area contributed by atoms with Gasteiger partial charge in [0.05, 0.1) is 0 Å². The van der Waals surface area contributed by atoms with Crippen molar-refractivity contribution >= 4 is 35.9 Å². The van der Waals surface area contributed by atoms with Gasteiger partial charge < -0.3 is 9.05 Å². The van der Waals surface area contributed by atoms with E-state index in [-0.39, 0.29) is 41.3 Å². The number of nitrogens with one attached hydrogen (secondary N) is 1. The molecule has 1 amide bonds. The van der Waals surface area contributed by atoms with Crippen LogP contribution in [0.5, 0.6) is 0 Å². The van der Waals surface area contributed by atoms with Gasteiger partial charge in [0.15, 0.2) is 23.1 Å². The van der Waals surface area contributed by atoms with E-state index in [0.29, 0.717) is 10.6 Å². The van der Waals surface area contributed by atoms with E-state index in [9.17, 15) is 13.6 Å². The van der Waals surface area contributed by atoms with E-state index in [2.05, 4.69) is 20.6 Å². The van der Waals surface area contributed by atoms with Gasteiger partial charge in [-0.05, 0) is 41.6 Å². The molecule has 0 aliphatic rings. The lowest BCUT2D eigenvalue weighted by Crippen LogP contribution is -2.13. The van der Waals surface area contributed by atoms with Gasteiger partial charge in [0.25, 0.3) is 17.7 Å². The van der Waals surface area contributed by atoms with Crippen molar-refractivity contribution in [3.8, 4) is 22.8 Å². The molecule has 11 heteroatoms. The lowest BCUT2D eigenvalue weighted by Gasteiger charge is -1.96. The number of halogens is 4. The summed E-state index contributed by atoms with van der Waals surface area (Å²) in [6.07, 6.45) is 0. The first-order valence-electron chi connectivity index (χ1n) is 7.83. The van der Waals surface area contributed by atoms with E-state index >= 15 is 0 Å². The molecule has 0 saturated carbocycles. The first-order chi connectivity index (χ1) is 13.5. The van der Waals surface area contributed by atoms with Crippen molar-refractivity contribution in [1.29, 1.82) is 0 Å². The van der Waals surface area contributed by atoms with Crippen molar-refractivity contribution < 1.29 is 22.6 Å². The molecule has 4 aromatic rings. The highest BCUT2D eigenvalue weighted by Gasteiger charge is 2.18. The minimum Gasteiger partial charge on any atom is -0.355 e. The monoisotopic (exact) mass is 438 g/mol. The molecule has 0 spiro atoms. The van der Waals surface area contributed by atoms with Crippen LogP contribution in [-0.4, -0.2) is 21.2 Å². The molecule has 2 aromatic heterocycles. The van der Waals surface area contributed by atoms with Gasteiger partial charge in [-0.15, -0.1) is 12.4 Å². The lowest BCUT2D eigenvalue weighted by molar-refractivity contribution is 0.101. The van der Waals surface area contributed by atoms with Crippen LogP contribution in [0.25, 0.3) is 22.8 Å². The number of carbonyl (C=O) groups is 1. The second-order valence-corrected chi connectivity index (χ2v) is 6.03. The van der Waals surface area contributed by atoms with E-state index in [0.717, 1.165) is 12.1 Å². The summed E-state index contributed by atoms with van der Waals surface area (Å²) in [5, 5.41) is 10.2. The van der Waals surface area contributed by atoms with Crippen LogP contribution in [-0.2, 0) is 0 Å². The number of benzene rings is 2. The highest BCUT2D eigenvalue weighted by atomic mass is 35.5. The predicted octanol–water partition coefficient (Wildman–Crippen LogP) is 5.00. The summed E-state index contributed by atoms with van der Waals surface area (Å²) in [6, 6.07) is 11.2. The molecule has 7 nitrogen and oxygen atoms in total. The maximum Gasteiger partial charge on any atom is 0.280 e. The molecular weight excluding hydrogens is 429 g/mol. The second kappa shape index (κ2) is 8.38. The van der Waals surface area contributed by atoms with Crippen LogP contribution in [0.4, 0.5) is 14.7 Å². The summed E-state index contributed by atoms with van der Waals surface area (Å²) in [7, 11) is 0. The first-order valence-corrected chi connectivity index (χ1v) is 8.20. The number of aromatic nitrogens is 3. The van der Waals surface area contributed by atoms with E-state index in [1.807, 2.05) is 0 Å². The molecule has 2 heterocycles. The van der Waals surface area contributed by atoms with Gasteiger partial charge in [-0.2, -0.15) is 4.98 Å². The molecule has 1 N–H and O–H groups in total. The minimum atomic E-state index is -1.04. The Bertz CT molecular complexity index is 1180. The normalized spacial score (nSPS) is 10.4. The van der Waals surface area contributed by atoms with Gasteiger partial charge in [-0.25, -0.2) is 8.78 Å². The Kier molecular flexibility index (Phi) is 5.90. The fraction of sp³-hybridized carbons (Fsp3) is 0. The van der Waals surface area contributed by atoms with Crippen molar-refractivity contribution in [3.05, 3.63) is 70.9 Å². The number of nitrogens with zero attached hydrogens (tertiary/aromatic N) is 3. The molecule has 0 saturated heterocycles. The number of hydrogen-bond donors (Lipinski definition) is 1. The molecule has 148 valence electrons. The fourth-order valence-corrected chi connectivity index (χ4v) is 2.54. The lowest BCUT2D eigenvalue weighted by atomic mass is 10.1. The standard InChI is InChI=1S/C18H9ClF2N4O3.ClH/c19-11-3-1-2-10(6-11)17-23-18(25-28-17)22-16(26)14-8-15(27-24-14)9-4-5-12(20)13(21)7-9;/h1-8H,(H,22,25,26);1H. The summed E-state index contributed by atoms with van der Waals surface area (Å²) in [5.41, 5.74) is 0.713. The number of amides is 1. The predicted molar refractivity (Wildman–Crippen MR) is 102 cm³/mol. The minimum absolute atomic E-state index is 0. The molecule has 0 bridgehead atoms. The SMILES string of the molecule is Cl.O=C(Nc1noc(-c2cccc(Cl)c2)n1)c1cc(-c2ccc(F)c(F)c2)on1. The highest BCUT2D eigenvalue weighted by Crippen LogP contribution is 2.24. The van der Waals surface area contributed by atoms with Crippen LogP contribution in [0.15, 0.2) is 57.6 Å². The van der Waals surface area contributed by atoms with Crippen LogP contribution >= 0.6 is 24.0 Å². The summed E-state index contributed by atoms with van der Waals surface area (Å²) in [6.45, 7) is 0. The number of hydrogen-bond acceptors (Lipinski definition) is 6. The quantitative estimate of drug-likeness (QED) is 0.481. The van der Waals surface area contributed by atoms with Gasteiger partial charge in [0.1, 0.15) is 0 Å². The summed E-state index contributed by atoms with van der Waals surface area (Å²) >= 11 is 5.91. The fourth-order valence-electron chi connectivity index (χ4n) is 2.35. The molecule has 0 unspecified atom stereocenters. The third kappa shape index (κ3) is 4.41. The van der Waals surface area contributed by atoms with Gasteiger partial charge >= 0.3 is 0 Å². The topological polar surface area (TPSA) is 94.1 Å². The Hall–Kier alpha value is -3.30. The molecule has 29 heavy (non-hydrogen) atoms. The van der Waals surface area contributed by atoms with Crippen molar-refractivity contribution in [2.75, 3.05) is 5.32 Å². The molecule has 0 fully saturated rings. The maximum atomic E-state index is 13.3. The number of anilines is 1. The van der Waals surface area contributed by atoms with Gasteiger partial charge in [0.2, 0.25) is 0 Å². The Labute approximate surface area is 173 Å². The van der Waals surface area contributed by atoms with Crippen molar-refractivity contribution in [3.63, 3.8) is 0 Å². The van der Waals surface area contributed by atoms with Crippen LogP contribution in [0.3, 0.4) is 0 Å². The zero-order valence-corrected chi connectivity index (χ0v) is 15.8. The van der Waals surface area contributed by atoms with Crippen molar-refractivity contribution in [2.24, 2.45) is 0 Å². The van der Waals surface area contributed by atoms with Crippen molar-refractivity contribution in [1.82, 2.24) is 15.3 Å². The van der Waals surface area contributed by atoms with E-state index in [1.165, 1.54) is 12.1 Å². The third-order valence-corrected chi connectivity index (χ3v) is 3.90. The molecule has 4 rings (SSSR count). The average molecular weight is 439 g/mol. The number of rotatable bonds is 4. The number of carbonyl (C=O) groups excluding carboxylic acids is 1. The van der Waals surface area contributed by atoms with E-state index < -0.39 is 17.5 Å². The highest BCUT2D eigenvalue weighted by molar-refractivity contribution is 6.30. The molecule has 0 aliphatic carbocycles. The summed E-state index contributed by atoms with van der Waals surface area (Å²) in [4.78, 5) is 16.3. The molecule has 0 radical (unpaired) electrons. The average Bonchev–Trinajstić information content (AvgIpc) is 3.34. The van der Waals surface area contributed by atoms with Crippen molar-refractivity contribution in [2.45, 2.75) is 0 Å². The van der Waals surface area contributed by atoms with Crippen LogP contribution in [0, 0.1) is 11.6 Å². The summed E-state index contributed by atoms with van der Waals surface area (Å²) in [5.74, 6) is -2.53.